The average molecular weight is 431 g/mol. The largest absolute Gasteiger partial charge is 0.373 e. The van der Waals surface area contributed by atoms with E-state index in [4.69, 9.17) is 4.74 Å². The maximum atomic E-state index is 12.9. The van der Waals surface area contributed by atoms with Gasteiger partial charge in [0, 0.05) is 43.3 Å². The highest BCUT2D eigenvalue weighted by Gasteiger charge is 2.33. The summed E-state index contributed by atoms with van der Waals surface area (Å²) < 4.78 is 5.23. The van der Waals surface area contributed by atoms with Crippen LogP contribution >= 0.6 is 0 Å². The van der Waals surface area contributed by atoms with E-state index in [0.29, 0.717) is 18.6 Å². The molecule has 8 nitrogen and oxygen atoms in total. The van der Waals surface area contributed by atoms with E-state index in [9.17, 15) is 14.4 Å². The van der Waals surface area contributed by atoms with Gasteiger partial charge in [0.25, 0.3) is 5.91 Å². The van der Waals surface area contributed by atoms with Gasteiger partial charge >= 0.3 is 0 Å². The quantitative estimate of drug-likeness (QED) is 0.596. The fourth-order valence-corrected chi connectivity index (χ4v) is 4.02. The van der Waals surface area contributed by atoms with Crippen molar-refractivity contribution in [2.24, 2.45) is 11.8 Å². The van der Waals surface area contributed by atoms with Crippen molar-refractivity contribution in [2.75, 3.05) is 44.3 Å². The second-order valence-corrected chi connectivity index (χ2v) is 8.88. The number of anilines is 1. The number of nitrogens with zero attached hydrogens (tertiary/aromatic N) is 1. The molecule has 170 valence electrons. The van der Waals surface area contributed by atoms with Crippen molar-refractivity contribution >= 4 is 23.3 Å². The number of nitrogens with one attached hydrogen (secondary N) is 3. The van der Waals surface area contributed by atoms with Gasteiger partial charge in [0.15, 0.2) is 5.78 Å². The average Bonchev–Trinajstić information content (AvgIpc) is 2.76. The van der Waals surface area contributed by atoms with Gasteiger partial charge in [-0.1, -0.05) is 20.8 Å². The fourth-order valence-electron chi connectivity index (χ4n) is 4.02. The lowest BCUT2D eigenvalue weighted by Gasteiger charge is -2.30. The number of amides is 2. The van der Waals surface area contributed by atoms with Crippen molar-refractivity contribution in [1.29, 1.82) is 0 Å². The Kier molecular flexibility index (Phi) is 8.03. The molecular weight excluding hydrogens is 396 g/mol. The summed E-state index contributed by atoms with van der Waals surface area (Å²) in [7, 11) is 0. The first kappa shape index (κ1) is 23.2. The van der Waals surface area contributed by atoms with Crippen molar-refractivity contribution in [1.82, 2.24) is 16.0 Å². The second-order valence-electron chi connectivity index (χ2n) is 8.88. The van der Waals surface area contributed by atoms with Crippen LogP contribution in [0.2, 0.25) is 0 Å². The number of ether oxygens (including phenoxy) is 1. The minimum atomic E-state index is -0.705. The normalized spacial score (nSPS) is 22.8. The molecule has 8 heteroatoms. The molecule has 31 heavy (non-hydrogen) atoms. The van der Waals surface area contributed by atoms with E-state index in [1.54, 1.807) is 12.1 Å². The zero-order valence-electron chi connectivity index (χ0n) is 18.6. The van der Waals surface area contributed by atoms with Gasteiger partial charge in [-0.2, -0.15) is 0 Å². The Labute approximate surface area is 184 Å². The van der Waals surface area contributed by atoms with Crippen LogP contribution in [0.5, 0.6) is 0 Å². The number of piperazine rings is 1. The van der Waals surface area contributed by atoms with Crippen LogP contribution in [-0.4, -0.2) is 69.1 Å². The highest BCUT2D eigenvalue weighted by atomic mass is 16.5. The summed E-state index contributed by atoms with van der Waals surface area (Å²) in [4.78, 5) is 40.2. The van der Waals surface area contributed by atoms with Gasteiger partial charge in [-0.25, -0.2) is 0 Å². The molecule has 1 aromatic carbocycles. The van der Waals surface area contributed by atoms with E-state index in [-0.39, 0.29) is 36.0 Å². The Morgan fingerprint density at radius 1 is 1.19 bits per heavy atom. The second kappa shape index (κ2) is 10.7. The molecule has 3 rings (SSSR count). The van der Waals surface area contributed by atoms with Crippen molar-refractivity contribution in [3.63, 3.8) is 0 Å². The van der Waals surface area contributed by atoms with Gasteiger partial charge in [0.2, 0.25) is 5.91 Å². The maximum absolute atomic E-state index is 12.9. The van der Waals surface area contributed by atoms with Crippen LogP contribution in [0.15, 0.2) is 24.3 Å². The molecule has 0 aromatic heterocycles. The summed E-state index contributed by atoms with van der Waals surface area (Å²) in [6, 6.07) is 6.19. The first-order chi connectivity index (χ1) is 14.8. The first-order valence-corrected chi connectivity index (χ1v) is 11.1. The molecule has 0 bridgehead atoms. The van der Waals surface area contributed by atoms with Gasteiger partial charge < -0.3 is 25.6 Å². The molecule has 0 spiro atoms. The fraction of sp³-hybridized carbons (Fsp3) is 0.609. The molecule has 3 atom stereocenters. The Hall–Kier alpha value is -2.45. The van der Waals surface area contributed by atoms with Crippen LogP contribution in [0.1, 0.15) is 37.6 Å². The summed E-state index contributed by atoms with van der Waals surface area (Å²) in [6.45, 7) is 10.1. The summed E-state index contributed by atoms with van der Waals surface area (Å²) in [6.07, 6.45) is 0.488. The van der Waals surface area contributed by atoms with E-state index in [2.05, 4.69) is 20.9 Å². The lowest BCUT2D eigenvalue weighted by Crippen LogP contribution is -2.56. The number of rotatable bonds is 7. The smallest absolute Gasteiger partial charge is 0.251 e. The molecular formula is C23H34N4O4. The van der Waals surface area contributed by atoms with Crippen LogP contribution < -0.4 is 20.9 Å². The van der Waals surface area contributed by atoms with Gasteiger partial charge in [-0.05, 0) is 36.6 Å². The number of hydrogen-bond donors (Lipinski definition) is 3. The van der Waals surface area contributed by atoms with E-state index < -0.39 is 12.1 Å². The highest BCUT2D eigenvalue weighted by molar-refractivity contribution is 5.99. The Morgan fingerprint density at radius 3 is 2.48 bits per heavy atom. The summed E-state index contributed by atoms with van der Waals surface area (Å²) in [5.74, 6) is -0.650. The lowest BCUT2D eigenvalue weighted by molar-refractivity contribution is -0.137. The molecule has 2 fully saturated rings. The topological polar surface area (TPSA) is 99.8 Å². The molecule has 0 aliphatic carbocycles. The summed E-state index contributed by atoms with van der Waals surface area (Å²) in [5, 5.41) is 9.03. The van der Waals surface area contributed by atoms with Crippen LogP contribution in [0.4, 0.5) is 5.69 Å². The maximum Gasteiger partial charge on any atom is 0.251 e. The number of carbonyl (C=O) groups is 3. The summed E-state index contributed by atoms with van der Waals surface area (Å²) in [5.41, 5.74) is 1.59. The first-order valence-electron chi connectivity index (χ1n) is 11.1. The number of hydrogen-bond acceptors (Lipinski definition) is 6. The standard InChI is InChI=1S/C23H34N4O4/c1-15(2)12-19(23(30)26-21-16(3)13-31-14-20(21)28)25-22(29)17-4-6-18(7-5-17)27-10-8-24-9-11-27/h4-7,15-16,19,21,24H,8-14H2,1-3H3,(H,25,29)(H,26,30)/t16-,19+,21+/m1/s1. The molecule has 2 saturated heterocycles. The van der Waals surface area contributed by atoms with Gasteiger partial charge in [0.05, 0.1) is 12.6 Å². The molecule has 2 heterocycles. The van der Waals surface area contributed by atoms with Crippen molar-refractivity contribution < 1.29 is 19.1 Å². The molecule has 0 radical (unpaired) electrons. The SMILES string of the molecule is CC(C)C[C@H](NC(=O)c1ccc(N2CCNCC2)cc1)C(=O)N[C@@H]1C(=O)COC[C@H]1C. The predicted molar refractivity (Wildman–Crippen MR) is 119 cm³/mol. The van der Waals surface area contributed by atoms with Gasteiger partial charge in [-0.15, -0.1) is 0 Å². The Morgan fingerprint density at radius 2 is 1.87 bits per heavy atom. The Balaban J connectivity index is 1.64. The van der Waals surface area contributed by atoms with E-state index in [1.165, 1.54) is 0 Å². The minimum Gasteiger partial charge on any atom is -0.373 e. The van der Waals surface area contributed by atoms with Crippen LogP contribution in [-0.2, 0) is 14.3 Å². The zero-order chi connectivity index (χ0) is 22.4. The number of carbonyl (C=O) groups excluding carboxylic acids is 3. The third kappa shape index (κ3) is 6.27. The molecule has 0 saturated carbocycles. The lowest BCUT2D eigenvalue weighted by atomic mass is 9.95. The third-order valence-corrected chi connectivity index (χ3v) is 5.78. The van der Waals surface area contributed by atoms with E-state index >= 15 is 0 Å². The van der Waals surface area contributed by atoms with Crippen molar-refractivity contribution in [3.05, 3.63) is 29.8 Å². The summed E-state index contributed by atoms with van der Waals surface area (Å²) >= 11 is 0. The van der Waals surface area contributed by atoms with E-state index in [0.717, 1.165) is 31.9 Å². The van der Waals surface area contributed by atoms with Gasteiger partial charge in [0.1, 0.15) is 12.6 Å². The Bertz CT molecular complexity index is 774. The molecule has 2 aliphatic heterocycles. The minimum absolute atomic E-state index is 0.00984. The monoisotopic (exact) mass is 430 g/mol. The number of Topliss-reactive ketones (excluding diaryl/α,β-unsaturated/α-hetero) is 1. The molecule has 3 N–H and O–H groups in total. The van der Waals surface area contributed by atoms with Crippen LogP contribution in [0, 0.1) is 11.8 Å². The van der Waals surface area contributed by atoms with Crippen LogP contribution in [0.3, 0.4) is 0 Å². The number of ketones is 1. The van der Waals surface area contributed by atoms with Crippen molar-refractivity contribution in [2.45, 2.75) is 39.3 Å². The molecule has 0 unspecified atom stereocenters. The van der Waals surface area contributed by atoms with Crippen LogP contribution in [0.25, 0.3) is 0 Å². The molecule has 2 amide bonds. The predicted octanol–water partition coefficient (Wildman–Crippen LogP) is 0.961. The van der Waals surface area contributed by atoms with E-state index in [1.807, 2.05) is 32.9 Å². The molecule has 2 aliphatic rings. The third-order valence-electron chi connectivity index (χ3n) is 5.78. The highest BCUT2D eigenvalue weighted by Crippen LogP contribution is 2.17. The van der Waals surface area contributed by atoms with Crippen molar-refractivity contribution in [3.8, 4) is 0 Å². The molecule has 1 aromatic rings. The van der Waals surface area contributed by atoms with Gasteiger partial charge in [-0.3, -0.25) is 14.4 Å². The number of benzene rings is 1. The zero-order valence-corrected chi connectivity index (χ0v) is 18.6.